The van der Waals surface area contributed by atoms with Crippen LogP contribution in [0, 0.1) is 11.7 Å². The molecule has 2 amide bonds. The van der Waals surface area contributed by atoms with Crippen LogP contribution in [0.4, 0.5) is 4.39 Å². The molecule has 0 aromatic heterocycles. The number of rotatable bonds is 7. The number of benzene rings is 1. The second-order valence-corrected chi connectivity index (χ2v) is 7.71. The van der Waals surface area contributed by atoms with Crippen LogP contribution in [0.1, 0.15) is 37.7 Å². The zero-order valence-corrected chi connectivity index (χ0v) is 17.7. The van der Waals surface area contributed by atoms with Crippen molar-refractivity contribution in [1.82, 2.24) is 15.5 Å². The van der Waals surface area contributed by atoms with Crippen molar-refractivity contribution in [1.29, 1.82) is 0 Å². The molecule has 1 aromatic carbocycles. The Kier molecular flexibility index (Phi) is 9.17. The predicted octanol–water partition coefficient (Wildman–Crippen LogP) is 2.30. The minimum Gasteiger partial charge on any atom is -0.494 e. The summed E-state index contributed by atoms with van der Waals surface area (Å²) in [7, 11) is 1.43. The molecule has 2 heterocycles. The number of likely N-dealkylation sites (tertiary alicyclic amines) is 1. The van der Waals surface area contributed by atoms with Gasteiger partial charge in [-0.05, 0) is 62.3 Å². The van der Waals surface area contributed by atoms with Gasteiger partial charge >= 0.3 is 0 Å². The fraction of sp³-hybridized carbons (Fsp3) is 0.619. The number of hydrogen-bond donors (Lipinski definition) is 2. The second kappa shape index (κ2) is 11.4. The van der Waals surface area contributed by atoms with Gasteiger partial charge in [0.15, 0.2) is 11.6 Å². The fourth-order valence-corrected chi connectivity index (χ4v) is 4.01. The Labute approximate surface area is 178 Å². The topological polar surface area (TPSA) is 70.7 Å². The lowest BCUT2D eigenvalue weighted by atomic mass is 9.97. The van der Waals surface area contributed by atoms with Crippen molar-refractivity contribution >= 4 is 24.2 Å². The first-order chi connectivity index (χ1) is 13.6. The number of halogens is 2. The van der Waals surface area contributed by atoms with Crippen LogP contribution in [0.2, 0.25) is 0 Å². The molecule has 2 aliphatic heterocycles. The van der Waals surface area contributed by atoms with Crippen LogP contribution >= 0.6 is 12.4 Å². The van der Waals surface area contributed by atoms with E-state index in [4.69, 9.17) is 4.74 Å². The normalized spacial score (nSPS) is 21.4. The molecule has 3 rings (SSSR count). The number of ether oxygens (including phenoxy) is 1. The van der Waals surface area contributed by atoms with Crippen molar-refractivity contribution in [2.75, 3.05) is 33.3 Å². The van der Waals surface area contributed by atoms with Crippen LogP contribution in [0.25, 0.3) is 0 Å². The van der Waals surface area contributed by atoms with E-state index in [9.17, 15) is 14.0 Å². The molecule has 0 spiro atoms. The van der Waals surface area contributed by atoms with Crippen LogP contribution < -0.4 is 15.4 Å². The Morgan fingerprint density at radius 3 is 2.83 bits per heavy atom. The third kappa shape index (κ3) is 6.57. The van der Waals surface area contributed by atoms with Gasteiger partial charge in [0.2, 0.25) is 11.8 Å². The highest BCUT2D eigenvalue weighted by Gasteiger charge is 2.26. The number of nitrogens with one attached hydrogen (secondary N) is 2. The van der Waals surface area contributed by atoms with E-state index in [0.29, 0.717) is 31.8 Å². The number of carbonyl (C=O) groups is 2. The lowest BCUT2D eigenvalue weighted by Crippen LogP contribution is -2.46. The van der Waals surface area contributed by atoms with Crippen molar-refractivity contribution < 1.29 is 18.7 Å². The number of amides is 2. The van der Waals surface area contributed by atoms with Gasteiger partial charge in [-0.3, -0.25) is 9.59 Å². The van der Waals surface area contributed by atoms with Crippen LogP contribution in [-0.2, 0) is 16.0 Å². The quantitative estimate of drug-likeness (QED) is 0.700. The Hall–Kier alpha value is -1.86. The monoisotopic (exact) mass is 427 g/mol. The van der Waals surface area contributed by atoms with Crippen LogP contribution in [0.5, 0.6) is 5.75 Å². The highest BCUT2D eigenvalue weighted by atomic mass is 35.5. The lowest BCUT2D eigenvalue weighted by Gasteiger charge is -2.33. The lowest BCUT2D eigenvalue weighted by molar-refractivity contribution is -0.132. The van der Waals surface area contributed by atoms with Crippen molar-refractivity contribution in [2.45, 2.75) is 44.6 Å². The summed E-state index contributed by atoms with van der Waals surface area (Å²) in [5, 5.41) is 6.24. The summed E-state index contributed by atoms with van der Waals surface area (Å²) >= 11 is 0. The first kappa shape index (κ1) is 23.4. The number of methoxy groups -OCH3 is 1. The van der Waals surface area contributed by atoms with Gasteiger partial charge in [0, 0.05) is 26.1 Å². The Morgan fingerprint density at radius 1 is 1.31 bits per heavy atom. The number of hydrogen-bond acceptors (Lipinski definition) is 4. The molecule has 2 saturated heterocycles. The number of aryl methyl sites for hydroxylation is 1. The third-order valence-corrected chi connectivity index (χ3v) is 5.66. The molecule has 2 unspecified atom stereocenters. The first-order valence-corrected chi connectivity index (χ1v) is 10.2. The summed E-state index contributed by atoms with van der Waals surface area (Å²) in [5.74, 6) is 0.260. The van der Waals surface area contributed by atoms with Crippen LogP contribution in [0.3, 0.4) is 0 Å². The van der Waals surface area contributed by atoms with E-state index in [1.54, 1.807) is 12.1 Å². The Morgan fingerprint density at radius 2 is 2.14 bits per heavy atom. The standard InChI is InChI=1S/C21H30FN3O3.ClH/c1-28-19-8-6-15(12-17(19)22)7-9-20(26)25-11-3-4-16(14-25)13-24-21(27)18-5-2-10-23-18;/h6,8,12,16,18,23H,2-5,7,9-11,13-14H2,1H3,(H,24,27);1H. The van der Waals surface area contributed by atoms with Crippen LogP contribution in [0.15, 0.2) is 18.2 Å². The summed E-state index contributed by atoms with van der Waals surface area (Å²) in [5.41, 5.74) is 0.788. The van der Waals surface area contributed by atoms with E-state index in [0.717, 1.165) is 44.3 Å². The molecule has 162 valence electrons. The summed E-state index contributed by atoms with van der Waals surface area (Å²) in [6, 6.07) is 4.75. The van der Waals surface area contributed by atoms with Crippen molar-refractivity contribution in [3.8, 4) is 5.75 Å². The van der Waals surface area contributed by atoms with Crippen LogP contribution in [-0.4, -0.2) is 56.0 Å². The minimum absolute atomic E-state index is 0. The molecule has 0 aliphatic carbocycles. The minimum atomic E-state index is -0.405. The number of carbonyl (C=O) groups excluding carboxylic acids is 2. The second-order valence-electron chi connectivity index (χ2n) is 7.71. The fourth-order valence-electron chi connectivity index (χ4n) is 4.01. The SMILES string of the molecule is COc1ccc(CCC(=O)N2CCCC(CNC(=O)C3CCCN3)C2)cc1F.Cl. The first-order valence-electron chi connectivity index (χ1n) is 10.2. The highest BCUT2D eigenvalue weighted by molar-refractivity contribution is 5.85. The largest absolute Gasteiger partial charge is 0.494 e. The zero-order valence-electron chi connectivity index (χ0n) is 16.9. The molecule has 2 aliphatic rings. The van der Waals surface area contributed by atoms with Gasteiger partial charge in [-0.15, -0.1) is 12.4 Å². The van der Waals surface area contributed by atoms with E-state index in [1.807, 2.05) is 4.90 Å². The maximum absolute atomic E-state index is 13.8. The number of piperidine rings is 1. The maximum Gasteiger partial charge on any atom is 0.237 e. The van der Waals surface area contributed by atoms with E-state index in [1.165, 1.54) is 13.2 Å². The molecule has 6 nitrogen and oxygen atoms in total. The average Bonchev–Trinajstić information content (AvgIpc) is 3.25. The van der Waals surface area contributed by atoms with E-state index >= 15 is 0 Å². The van der Waals surface area contributed by atoms with Crippen molar-refractivity contribution in [2.24, 2.45) is 5.92 Å². The molecule has 29 heavy (non-hydrogen) atoms. The molecule has 1 aromatic rings. The van der Waals surface area contributed by atoms with E-state index < -0.39 is 5.82 Å². The Bertz CT molecular complexity index is 698. The highest BCUT2D eigenvalue weighted by Crippen LogP contribution is 2.20. The predicted molar refractivity (Wildman–Crippen MR) is 112 cm³/mol. The maximum atomic E-state index is 13.8. The summed E-state index contributed by atoms with van der Waals surface area (Å²) in [4.78, 5) is 26.6. The third-order valence-electron chi connectivity index (χ3n) is 5.66. The molecule has 2 atom stereocenters. The van der Waals surface area contributed by atoms with Crippen molar-refractivity contribution in [3.63, 3.8) is 0 Å². The van der Waals surface area contributed by atoms with E-state index in [-0.39, 0.29) is 36.0 Å². The Balaban J connectivity index is 0.00000300. The zero-order chi connectivity index (χ0) is 19.9. The average molecular weight is 428 g/mol. The van der Waals surface area contributed by atoms with Gasteiger partial charge in [-0.25, -0.2) is 4.39 Å². The summed E-state index contributed by atoms with van der Waals surface area (Å²) < 4.78 is 18.7. The van der Waals surface area contributed by atoms with Gasteiger partial charge in [-0.2, -0.15) is 0 Å². The van der Waals surface area contributed by atoms with Gasteiger partial charge < -0.3 is 20.3 Å². The number of nitrogens with zero attached hydrogens (tertiary/aromatic N) is 1. The summed E-state index contributed by atoms with van der Waals surface area (Å²) in [6.07, 6.45) is 4.77. The molecule has 0 saturated carbocycles. The van der Waals surface area contributed by atoms with E-state index in [2.05, 4.69) is 10.6 Å². The summed E-state index contributed by atoms with van der Waals surface area (Å²) in [6.45, 7) is 2.95. The van der Waals surface area contributed by atoms with Crippen molar-refractivity contribution in [3.05, 3.63) is 29.6 Å². The van der Waals surface area contributed by atoms with Gasteiger partial charge in [0.1, 0.15) is 0 Å². The van der Waals surface area contributed by atoms with Gasteiger partial charge in [0.05, 0.1) is 13.2 Å². The smallest absolute Gasteiger partial charge is 0.237 e. The van der Waals surface area contributed by atoms with Gasteiger partial charge in [0.25, 0.3) is 0 Å². The molecule has 2 N–H and O–H groups in total. The van der Waals surface area contributed by atoms with Gasteiger partial charge in [-0.1, -0.05) is 6.07 Å². The molecule has 2 fully saturated rings. The molecular weight excluding hydrogens is 397 g/mol. The molecule has 8 heteroatoms. The molecule has 0 bridgehead atoms. The molecular formula is C21H31ClFN3O3. The molecule has 0 radical (unpaired) electrons.